The van der Waals surface area contributed by atoms with Crippen molar-refractivity contribution in [2.75, 3.05) is 24.3 Å². The molecule has 0 bridgehead atoms. The zero-order valence-corrected chi connectivity index (χ0v) is 11.3. The fourth-order valence-electron chi connectivity index (χ4n) is 2.45. The molecule has 0 radical (unpaired) electrons. The third-order valence-corrected chi connectivity index (χ3v) is 4.82. The highest BCUT2D eigenvalue weighted by atomic mass is 32.2. The average molecular weight is 267 g/mol. The van der Waals surface area contributed by atoms with Crippen LogP contribution in [0.2, 0.25) is 0 Å². The third kappa shape index (κ3) is 2.27. The van der Waals surface area contributed by atoms with E-state index in [2.05, 4.69) is 15.3 Å². The molecule has 0 spiro atoms. The Hall–Kier alpha value is -1.01. The van der Waals surface area contributed by atoms with Crippen LogP contribution in [-0.2, 0) is 22.0 Å². The molecule has 0 aromatic carbocycles. The molecule has 1 N–H and O–H groups in total. The molecule has 3 rings (SSSR count). The van der Waals surface area contributed by atoms with Gasteiger partial charge in [-0.15, -0.1) is 0 Å². The molecule has 0 amide bonds. The van der Waals surface area contributed by atoms with Crippen LogP contribution in [0, 0.1) is 6.92 Å². The normalized spacial score (nSPS) is 23.9. The number of hydrogen-bond donors (Lipinski definition) is 1. The van der Waals surface area contributed by atoms with Gasteiger partial charge in [0.15, 0.2) is 0 Å². The van der Waals surface area contributed by atoms with Gasteiger partial charge in [-0.1, -0.05) is 0 Å². The van der Waals surface area contributed by atoms with Gasteiger partial charge in [-0.3, -0.25) is 4.21 Å². The lowest BCUT2D eigenvalue weighted by Crippen LogP contribution is -2.29. The molecular formula is C12H17N3O2S. The lowest BCUT2D eigenvalue weighted by molar-refractivity contribution is 0.0903. The molecular weight excluding hydrogens is 250 g/mol. The number of ether oxygens (including phenoxy) is 1. The number of fused-ring (bicyclic) bond motifs is 1. The summed E-state index contributed by atoms with van der Waals surface area (Å²) >= 11 is 0. The van der Waals surface area contributed by atoms with Gasteiger partial charge < -0.3 is 10.1 Å². The first-order valence-corrected chi connectivity index (χ1v) is 7.66. The molecule has 1 aromatic heterocycles. The third-order valence-electron chi connectivity index (χ3n) is 3.36. The van der Waals surface area contributed by atoms with Crippen LogP contribution in [0.4, 0.5) is 5.82 Å². The summed E-state index contributed by atoms with van der Waals surface area (Å²) < 4.78 is 17.3. The van der Waals surface area contributed by atoms with E-state index in [9.17, 15) is 4.21 Å². The minimum atomic E-state index is -0.941. The molecule has 2 aliphatic heterocycles. The van der Waals surface area contributed by atoms with Crippen molar-refractivity contribution >= 4 is 16.6 Å². The highest BCUT2D eigenvalue weighted by Crippen LogP contribution is 2.28. The first-order valence-electron chi connectivity index (χ1n) is 6.34. The van der Waals surface area contributed by atoms with Gasteiger partial charge in [0.1, 0.15) is 16.5 Å². The van der Waals surface area contributed by atoms with E-state index < -0.39 is 10.8 Å². The van der Waals surface area contributed by atoms with E-state index in [1.54, 1.807) is 0 Å². The monoisotopic (exact) mass is 267 g/mol. The Balaban J connectivity index is 1.89. The molecule has 1 fully saturated rings. The summed E-state index contributed by atoms with van der Waals surface area (Å²) in [6.45, 7) is 3.46. The summed E-state index contributed by atoms with van der Waals surface area (Å²) in [5.41, 5.74) is 0.954. The summed E-state index contributed by atoms with van der Waals surface area (Å²) in [7, 11) is -0.941. The summed E-state index contributed by atoms with van der Waals surface area (Å²) in [6, 6.07) is 0.370. The number of nitrogens with zero attached hydrogens (tertiary/aromatic N) is 2. The van der Waals surface area contributed by atoms with Crippen LogP contribution in [0.15, 0.2) is 4.90 Å². The van der Waals surface area contributed by atoms with Crippen LogP contribution in [0.3, 0.4) is 0 Å². The molecule has 1 saturated heterocycles. The maximum Gasteiger partial charge on any atom is 0.146 e. The zero-order valence-electron chi connectivity index (χ0n) is 10.4. The van der Waals surface area contributed by atoms with E-state index >= 15 is 0 Å². The fraction of sp³-hybridized carbons (Fsp3) is 0.667. The molecule has 98 valence electrons. The van der Waals surface area contributed by atoms with Crippen molar-refractivity contribution in [3.8, 4) is 0 Å². The Morgan fingerprint density at radius 1 is 1.33 bits per heavy atom. The van der Waals surface area contributed by atoms with E-state index in [4.69, 9.17) is 4.74 Å². The van der Waals surface area contributed by atoms with Crippen LogP contribution in [-0.4, -0.2) is 39.2 Å². The van der Waals surface area contributed by atoms with Crippen molar-refractivity contribution in [1.82, 2.24) is 9.97 Å². The van der Waals surface area contributed by atoms with Crippen molar-refractivity contribution in [3.05, 3.63) is 11.5 Å². The Morgan fingerprint density at radius 2 is 2.11 bits per heavy atom. The standard InChI is InChI=1S/C12H17N3O2S/c1-8-13-10-4-7-18(16)11(10)12(14-8)15-9-2-5-17-6-3-9/h9H,2-7H2,1H3,(H,13,14,15). The highest BCUT2D eigenvalue weighted by Gasteiger charge is 2.26. The zero-order chi connectivity index (χ0) is 12.5. The van der Waals surface area contributed by atoms with Crippen molar-refractivity contribution in [1.29, 1.82) is 0 Å². The molecule has 5 nitrogen and oxygen atoms in total. The molecule has 3 heterocycles. The van der Waals surface area contributed by atoms with Gasteiger partial charge in [-0.25, -0.2) is 9.97 Å². The van der Waals surface area contributed by atoms with Gasteiger partial charge >= 0.3 is 0 Å². The molecule has 0 saturated carbocycles. The van der Waals surface area contributed by atoms with Gasteiger partial charge in [0, 0.05) is 31.4 Å². The predicted molar refractivity (Wildman–Crippen MR) is 69.2 cm³/mol. The van der Waals surface area contributed by atoms with E-state index in [1.807, 2.05) is 6.92 Å². The topological polar surface area (TPSA) is 64.1 Å². The van der Waals surface area contributed by atoms with Crippen molar-refractivity contribution in [3.63, 3.8) is 0 Å². The Labute approximate surface area is 109 Å². The van der Waals surface area contributed by atoms with E-state index in [1.165, 1.54) is 0 Å². The number of rotatable bonds is 2. The van der Waals surface area contributed by atoms with E-state index in [0.29, 0.717) is 11.8 Å². The van der Waals surface area contributed by atoms with E-state index in [-0.39, 0.29) is 0 Å². The Morgan fingerprint density at radius 3 is 2.89 bits per heavy atom. The molecule has 6 heteroatoms. The second-order valence-electron chi connectivity index (χ2n) is 4.73. The molecule has 1 aromatic rings. The predicted octanol–water partition coefficient (Wildman–Crippen LogP) is 1.04. The smallest absolute Gasteiger partial charge is 0.146 e. The average Bonchev–Trinajstić information content (AvgIpc) is 2.72. The summed E-state index contributed by atoms with van der Waals surface area (Å²) in [5.74, 6) is 2.21. The van der Waals surface area contributed by atoms with Crippen LogP contribution in [0.25, 0.3) is 0 Å². The Bertz CT molecular complexity index is 486. The molecule has 1 atom stereocenters. The van der Waals surface area contributed by atoms with Crippen LogP contribution >= 0.6 is 0 Å². The maximum absolute atomic E-state index is 12.0. The van der Waals surface area contributed by atoms with Gasteiger partial charge in [0.2, 0.25) is 0 Å². The fourth-order valence-corrected chi connectivity index (χ4v) is 3.77. The second kappa shape index (κ2) is 4.93. The first kappa shape index (κ1) is 12.0. The molecule has 18 heavy (non-hydrogen) atoms. The first-order chi connectivity index (χ1) is 8.74. The lowest BCUT2D eigenvalue weighted by atomic mass is 10.1. The minimum Gasteiger partial charge on any atom is -0.381 e. The summed E-state index contributed by atoms with van der Waals surface area (Å²) in [5, 5.41) is 3.43. The molecule has 0 aliphatic carbocycles. The Kier molecular flexibility index (Phi) is 3.30. The lowest BCUT2D eigenvalue weighted by Gasteiger charge is -2.24. The van der Waals surface area contributed by atoms with Crippen LogP contribution < -0.4 is 5.32 Å². The van der Waals surface area contributed by atoms with Crippen molar-refractivity contribution < 1.29 is 8.95 Å². The number of hydrogen-bond acceptors (Lipinski definition) is 5. The summed E-state index contributed by atoms with van der Waals surface area (Å²) in [6.07, 6.45) is 2.75. The summed E-state index contributed by atoms with van der Waals surface area (Å²) in [4.78, 5) is 9.65. The number of aromatic nitrogens is 2. The van der Waals surface area contributed by atoms with Crippen LogP contribution in [0.5, 0.6) is 0 Å². The molecule has 2 aliphatic rings. The van der Waals surface area contributed by atoms with Crippen molar-refractivity contribution in [2.24, 2.45) is 0 Å². The minimum absolute atomic E-state index is 0.370. The molecule has 1 unspecified atom stereocenters. The second-order valence-corrected chi connectivity index (χ2v) is 6.23. The maximum atomic E-state index is 12.0. The van der Waals surface area contributed by atoms with Crippen LogP contribution in [0.1, 0.15) is 24.4 Å². The number of anilines is 1. The van der Waals surface area contributed by atoms with Gasteiger partial charge in [-0.05, 0) is 19.8 Å². The van der Waals surface area contributed by atoms with Gasteiger partial charge in [0.25, 0.3) is 0 Å². The highest BCUT2D eigenvalue weighted by molar-refractivity contribution is 7.85. The number of nitrogens with one attached hydrogen (secondary N) is 1. The largest absolute Gasteiger partial charge is 0.381 e. The SMILES string of the molecule is Cc1nc2c(c(NC3CCOCC3)n1)S(=O)CC2. The van der Waals surface area contributed by atoms with Gasteiger partial charge in [-0.2, -0.15) is 0 Å². The van der Waals surface area contributed by atoms with Crippen molar-refractivity contribution in [2.45, 2.75) is 37.1 Å². The number of aryl methyl sites for hydroxylation is 2. The van der Waals surface area contributed by atoms with Gasteiger partial charge in [0.05, 0.1) is 16.5 Å². The quantitative estimate of drug-likeness (QED) is 0.867. The van der Waals surface area contributed by atoms with E-state index in [0.717, 1.165) is 54.7 Å².